The van der Waals surface area contributed by atoms with Gasteiger partial charge in [-0.1, -0.05) is 11.8 Å². The topological polar surface area (TPSA) is 20.2 Å². The van der Waals surface area contributed by atoms with Crippen LogP contribution in [0.15, 0.2) is 34.5 Å². The molecule has 98 valence electrons. The first-order valence-electron chi connectivity index (χ1n) is 5.44. The van der Waals surface area contributed by atoms with Crippen LogP contribution in [0.2, 0.25) is 0 Å². The normalized spacial score (nSPS) is 10.1. The summed E-state index contributed by atoms with van der Waals surface area (Å²) in [5.74, 6) is 4.42. The number of thioether (sulfide) groups is 1. The molecule has 1 aromatic carbocycles. The third kappa shape index (κ3) is 3.80. The fraction of sp³-hybridized carbons (Fsp3) is 0.143. The molecule has 2 aromatic rings. The second-order valence-corrected chi connectivity index (χ2v) is 5.63. The highest BCUT2D eigenvalue weighted by molar-refractivity contribution is 7.98. The van der Waals surface area contributed by atoms with E-state index in [1.54, 1.807) is 17.4 Å². The van der Waals surface area contributed by atoms with Crippen molar-refractivity contribution >= 4 is 23.1 Å². The van der Waals surface area contributed by atoms with Crippen LogP contribution >= 0.6 is 23.1 Å². The summed E-state index contributed by atoms with van der Waals surface area (Å²) in [5.41, 5.74) is 0.870. The van der Waals surface area contributed by atoms with Gasteiger partial charge in [0.2, 0.25) is 0 Å². The van der Waals surface area contributed by atoms with Crippen molar-refractivity contribution in [2.24, 2.45) is 0 Å². The fourth-order valence-corrected chi connectivity index (χ4v) is 3.28. The summed E-state index contributed by atoms with van der Waals surface area (Å²) >= 11 is 2.98. The average Bonchev–Trinajstić information content (AvgIpc) is 2.85. The number of aliphatic hydroxyl groups excluding tert-OH is 1. The molecule has 0 unspecified atom stereocenters. The van der Waals surface area contributed by atoms with Crippen LogP contribution in [-0.2, 0) is 5.75 Å². The highest BCUT2D eigenvalue weighted by atomic mass is 32.2. The van der Waals surface area contributed by atoms with Gasteiger partial charge >= 0.3 is 0 Å². The van der Waals surface area contributed by atoms with Crippen LogP contribution in [0.3, 0.4) is 0 Å². The minimum Gasteiger partial charge on any atom is -0.384 e. The molecule has 1 nitrogen and oxygen atoms in total. The molecule has 0 saturated carbocycles. The summed E-state index contributed by atoms with van der Waals surface area (Å²) in [4.78, 5) is 1.73. The number of rotatable bonds is 3. The maximum absolute atomic E-state index is 13.1. The Labute approximate surface area is 118 Å². The van der Waals surface area contributed by atoms with Crippen LogP contribution in [-0.4, -0.2) is 11.7 Å². The smallest absolute Gasteiger partial charge is 0.159 e. The lowest BCUT2D eigenvalue weighted by atomic mass is 10.3. The van der Waals surface area contributed by atoms with Gasteiger partial charge < -0.3 is 5.11 Å². The Hall–Kier alpha value is -1.35. The lowest BCUT2D eigenvalue weighted by Crippen LogP contribution is -1.85. The molecule has 0 amide bonds. The Morgan fingerprint density at radius 2 is 2.05 bits per heavy atom. The van der Waals surface area contributed by atoms with E-state index >= 15 is 0 Å². The molecule has 0 radical (unpaired) electrons. The molecule has 5 heteroatoms. The van der Waals surface area contributed by atoms with Crippen molar-refractivity contribution in [1.29, 1.82) is 0 Å². The molecule has 0 saturated heterocycles. The van der Waals surface area contributed by atoms with Crippen molar-refractivity contribution in [1.82, 2.24) is 0 Å². The molecule has 0 bridgehead atoms. The standard InChI is InChI=1S/C14H10F2OS2/c15-12-4-3-11(8-13(12)16)19-9-14-10(2-1-6-17)5-7-18-14/h3-5,7-8,17H,6,9H2. The zero-order valence-electron chi connectivity index (χ0n) is 9.82. The minimum atomic E-state index is -0.838. The Kier molecular flexibility index (Phi) is 4.97. The predicted octanol–water partition coefficient (Wildman–Crippen LogP) is 3.66. The highest BCUT2D eigenvalue weighted by Crippen LogP contribution is 2.28. The largest absolute Gasteiger partial charge is 0.384 e. The first-order valence-corrected chi connectivity index (χ1v) is 7.31. The SMILES string of the molecule is OCC#Cc1ccsc1CSc1ccc(F)c(F)c1. The van der Waals surface area contributed by atoms with Crippen molar-refractivity contribution in [3.63, 3.8) is 0 Å². The van der Waals surface area contributed by atoms with E-state index in [2.05, 4.69) is 11.8 Å². The summed E-state index contributed by atoms with van der Waals surface area (Å²) in [6.45, 7) is -0.175. The Morgan fingerprint density at radius 1 is 1.21 bits per heavy atom. The van der Waals surface area contributed by atoms with E-state index < -0.39 is 11.6 Å². The van der Waals surface area contributed by atoms with E-state index in [1.165, 1.54) is 17.8 Å². The van der Waals surface area contributed by atoms with Gasteiger partial charge in [0.25, 0.3) is 0 Å². The van der Waals surface area contributed by atoms with Crippen molar-refractivity contribution in [3.8, 4) is 11.8 Å². The number of thiophene rings is 1. The number of benzene rings is 1. The summed E-state index contributed by atoms with van der Waals surface area (Å²) < 4.78 is 25.8. The van der Waals surface area contributed by atoms with Crippen LogP contribution in [0.25, 0.3) is 0 Å². The molecule has 0 atom stereocenters. The molecular formula is C14H10F2OS2. The number of hydrogen-bond donors (Lipinski definition) is 1. The second-order valence-electron chi connectivity index (χ2n) is 3.58. The summed E-state index contributed by atoms with van der Waals surface area (Å²) in [5, 5.41) is 10.6. The van der Waals surface area contributed by atoms with E-state index in [0.717, 1.165) is 16.5 Å². The van der Waals surface area contributed by atoms with Gasteiger partial charge in [-0.15, -0.1) is 23.1 Å². The van der Waals surface area contributed by atoms with Crippen molar-refractivity contribution in [3.05, 3.63) is 51.7 Å². The zero-order valence-corrected chi connectivity index (χ0v) is 11.5. The number of hydrogen-bond acceptors (Lipinski definition) is 3. The van der Waals surface area contributed by atoms with Crippen molar-refractivity contribution < 1.29 is 13.9 Å². The Bertz CT molecular complexity index is 626. The van der Waals surface area contributed by atoms with E-state index in [9.17, 15) is 8.78 Å². The van der Waals surface area contributed by atoms with E-state index in [-0.39, 0.29) is 6.61 Å². The van der Waals surface area contributed by atoms with Crippen LogP contribution in [0.4, 0.5) is 8.78 Å². The van der Waals surface area contributed by atoms with E-state index in [0.29, 0.717) is 10.6 Å². The van der Waals surface area contributed by atoms with Gasteiger partial charge in [-0.05, 0) is 29.6 Å². The van der Waals surface area contributed by atoms with E-state index in [1.807, 2.05) is 11.4 Å². The molecule has 0 spiro atoms. The molecule has 1 heterocycles. The second kappa shape index (κ2) is 6.71. The van der Waals surface area contributed by atoms with Crippen LogP contribution in [0.1, 0.15) is 10.4 Å². The molecule has 0 fully saturated rings. The van der Waals surface area contributed by atoms with Gasteiger partial charge in [0.1, 0.15) is 6.61 Å². The van der Waals surface area contributed by atoms with Crippen molar-refractivity contribution in [2.75, 3.05) is 6.61 Å². The molecule has 0 aliphatic rings. The molecule has 1 N–H and O–H groups in total. The summed E-state index contributed by atoms with van der Waals surface area (Å²) in [6.07, 6.45) is 0. The monoisotopic (exact) mass is 296 g/mol. The van der Waals surface area contributed by atoms with Crippen molar-refractivity contribution in [2.45, 2.75) is 10.6 Å². The maximum atomic E-state index is 13.1. The van der Waals surface area contributed by atoms with Gasteiger partial charge in [0.05, 0.1) is 0 Å². The van der Waals surface area contributed by atoms with Gasteiger partial charge in [-0.3, -0.25) is 0 Å². The molecule has 0 aliphatic heterocycles. The zero-order chi connectivity index (χ0) is 13.7. The van der Waals surface area contributed by atoms with E-state index in [4.69, 9.17) is 5.11 Å². The van der Waals surface area contributed by atoms with Gasteiger partial charge in [-0.2, -0.15) is 0 Å². The van der Waals surface area contributed by atoms with Crippen LogP contribution in [0.5, 0.6) is 0 Å². The molecular weight excluding hydrogens is 286 g/mol. The first-order chi connectivity index (χ1) is 9.20. The lowest BCUT2D eigenvalue weighted by molar-refractivity contribution is 0.350. The third-order valence-electron chi connectivity index (χ3n) is 2.31. The lowest BCUT2D eigenvalue weighted by Gasteiger charge is -2.01. The van der Waals surface area contributed by atoms with Gasteiger partial charge in [-0.25, -0.2) is 8.78 Å². The van der Waals surface area contributed by atoms with Gasteiger partial charge in [0.15, 0.2) is 11.6 Å². The van der Waals surface area contributed by atoms with Crippen LogP contribution in [0, 0.1) is 23.5 Å². The van der Waals surface area contributed by atoms with Crippen LogP contribution < -0.4 is 0 Å². The third-order valence-corrected chi connectivity index (χ3v) is 4.43. The average molecular weight is 296 g/mol. The maximum Gasteiger partial charge on any atom is 0.159 e. The summed E-state index contributed by atoms with van der Waals surface area (Å²) in [7, 11) is 0. The highest BCUT2D eigenvalue weighted by Gasteiger charge is 2.06. The number of halogens is 2. The Balaban J connectivity index is 2.06. The minimum absolute atomic E-state index is 0.175. The molecule has 1 aromatic heterocycles. The number of aliphatic hydroxyl groups is 1. The fourth-order valence-electron chi connectivity index (χ4n) is 1.41. The molecule has 0 aliphatic carbocycles. The Morgan fingerprint density at radius 3 is 2.79 bits per heavy atom. The quantitative estimate of drug-likeness (QED) is 0.689. The first kappa shape index (κ1) is 14.1. The molecule has 19 heavy (non-hydrogen) atoms. The predicted molar refractivity (Wildman–Crippen MR) is 74.2 cm³/mol. The molecule has 2 rings (SSSR count). The summed E-state index contributed by atoms with van der Waals surface area (Å²) in [6, 6.07) is 5.75. The van der Waals surface area contributed by atoms with Gasteiger partial charge in [0, 0.05) is 21.1 Å².